The minimum absolute atomic E-state index is 0.0734. The van der Waals surface area contributed by atoms with E-state index in [0.29, 0.717) is 105 Å². The summed E-state index contributed by atoms with van der Waals surface area (Å²) >= 11 is 6.64. The molecule has 0 aliphatic carbocycles. The van der Waals surface area contributed by atoms with E-state index in [4.69, 9.17) is 113 Å². The van der Waals surface area contributed by atoms with Crippen molar-refractivity contribution in [3.63, 3.8) is 0 Å². The molecule has 0 spiro atoms. The first-order valence-corrected chi connectivity index (χ1v) is 33.6. The van der Waals surface area contributed by atoms with Crippen LogP contribution in [-0.2, 0) is 95.0 Å². The molecule has 0 saturated heterocycles. The third kappa shape index (κ3) is 65.0. The zero-order valence-electron chi connectivity index (χ0n) is 57.6. The summed E-state index contributed by atoms with van der Waals surface area (Å²) in [6, 6.07) is 0. The Balaban J connectivity index is 2.81. The Labute approximate surface area is 592 Å². The Morgan fingerprint density at radius 3 is 0.584 bits per heavy atom. The predicted molar refractivity (Wildman–Crippen MR) is 357 cm³/mol. The van der Waals surface area contributed by atoms with Gasteiger partial charge < -0.3 is 149 Å². The number of nitrogens with one attached hydrogen (secondary N) is 8. The standard InChI is InChI=1S/C59H108ClN13O28/c60-53-69-54(72(13-21-90-29-37-98-45-41-94-33-25-86-17-1-49(74)61-5-9-65-56(78)79)14-22-91-30-38-99-46-42-95-34-26-87-18-2-50(75)62-6-10-66-57(80)81)71-55(70-53)73(15-23-92-31-39-100-47-43-96-35-27-88-19-3-51(76)63-7-11-67-58(82)83)16-24-93-32-40-101-48-44-97-36-28-89-20-4-52(77)64-8-12-68-59(84)85/h65-68H,1-48H2,(H,61,74)(H,62,75)(H,63,76)(H,64,77)(H,78,79)(H,80,81)(H,82,83)(H,84,85). The van der Waals surface area contributed by atoms with Gasteiger partial charge in [-0.2, -0.15) is 15.0 Å². The first kappa shape index (κ1) is 92.2. The number of carboxylic acid groups (broad SMARTS) is 4. The molecule has 0 atom stereocenters. The number of rotatable bonds is 74. The Hall–Kier alpha value is -6.78. The second kappa shape index (κ2) is 69.0. The average Bonchev–Trinajstić information content (AvgIpc) is 0.842. The van der Waals surface area contributed by atoms with Crippen molar-refractivity contribution in [2.24, 2.45) is 0 Å². The van der Waals surface area contributed by atoms with Gasteiger partial charge in [-0.25, -0.2) is 19.2 Å². The molecule has 0 aromatic carbocycles. The number of carbonyl (C=O) groups excluding carboxylic acids is 4. The lowest BCUT2D eigenvalue weighted by atomic mass is 10.4. The highest BCUT2D eigenvalue weighted by atomic mass is 35.5. The summed E-state index contributed by atoms with van der Waals surface area (Å²) in [6.45, 7) is 10.9. The van der Waals surface area contributed by atoms with Crippen LogP contribution in [0.25, 0.3) is 0 Å². The van der Waals surface area contributed by atoms with Crippen LogP contribution in [-0.4, -0.2) is 373 Å². The lowest BCUT2D eigenvalue weighted by Gasteiger charge is -2.26. The monoisotopic (exact) mass is 1480 g/mol. The summed E-state index contributed by atoms with van der Waals surface area (Å²) in [6.07, 6.45) is -4.17. The Kier molecular flexibility index (Phi) is 63.0. The van der Waals surface area contributed by atoms with Gasteiger partial charge in [-0.15, -0.1) is 0 Å². The van der Waals surface area contributed by atoms with Crippen LogP contribution in [0.4, 0.5) is 31.1 Å². The van der Waals surface area contributed by atoms with Gasteiger partial charge in [0, 0.05) is 104 Å². The highest BCUT2D eigenvalue weighted by Gasteiger charge is 2.19. The van der Waals surface area contributed by atoms with E-state index in [2.05, 4.69) is 52.5 Å². The second-order valence-electron chi connectivity index (χ2n) is 20.3. The van der Waals surface area contributed by atoms with Crippen LogP contribution < -0.4 is 52.3 Å². The zero-order chi connectivity index (χ0) is 73.5. The topological polar surface area (TPSA) is 507 Å². The first-order chi connectivity index (χ1) is 49.2. The minimum Gasteiger partial charge on any atom is -0.465 e. The van der Waals surface area contributed by atoms with Gasteiger partial charge >= 0.3 is 24.4 Å². The molecule has 1 rings (SSSR count). The number of nitrogens with zero attached hydrogens (tertiary/aromatic N) is 5. The molecule has 0 radical (unpaired) electrons. The van der Waals surface area contributed by atoms with Gasteiger partial charge in [0.15, 0.2) is 0 Å². The van der Waals surface area contributed by atoms with Gasteiger partial charge in [0.25, 0.3) is 0 Å². The zero-order valence-corrected chi connectivity index (χ0v) is 58.4. The Morgan fingerprint density at radius 1 is 0.248 bits per heavy atom. The predicted octanol–water partition coefficient (Wildman–Crippen LogP) is -2.50. The molecule has 0 bridgehead atoms. The van der Waals surface area contributed by atoms with Crippen LogP contribution >= 0.6 is 11.6 Å². The molecule has 0 aliphatic rings. The summed E-state index contributed by atoms with van der Waals surface area (Å²) in [4.78, 5) is 107. The van der Waals surface area contributed by atoms with E-state index in [1.807, 2.05) is 9.80 Å². The van der Waals surface area contributed by atoms with Gasteiger partial charge in [0.05, 0.1) is 211 Å². The Bertz CT molecular complexity index is 2000. The van der Waals surface area contributed by atoms with Crippen LogP contribution in [0.15, 0.2) is 0 Å². The molecule has 584 valence electrons. The van der Waals surface area contributed by atoms with Crippen LogP contribution in [0.5, 0.6) is 0 Å². The summed E-state index contributed by atoms with van der Waals surface area (Å²) in [7, 11) is 0. The van der Waals surface area contributed by atoms with Crippen LogP contribution in [0.3, 0.4) is 0 Å². The number of hydrogen-bond acceptors (Lipinski definition) is 29. The van der Waals surface area contributed by atoms with Gasteiger partial charge in [0.2, 0.25) is 40.8 Å². The number of aromatic nitrogens is 3. The molecule has 42 heteroatoms. The molecule has 0 fully saturated rings. The number of carbonyl (C=O) groups is 8. The molecule has 101 heavy (non-hydrogen) atoms. The number of anilines is 2. The summed E-state index contributed by atoms with van der Waals surface area (Å²) in [5.41, 5.74) is 0. The first-order valence-electron chi connectivity index (χ1n) is 33.3. The van der Waals surface area contributed by atoms with E-state index in [0.717, 1.165) is 0 Å². The smallest absolute Gasteiger partial charge is 0.404 e. The molecule has 0 aliphatic heterocycles. The molecular weight excluding hydrogens is 1370 g/mol. The maximum absolute atomic E-state index is 11.8. The minimum atomic E-state index is -1.17. The van der Waals surface area contributed by atoms with Crippen molar-refractivity contribution in [3.8, 4) is 0 Å². The van der Waals surface area contributed by atoms with E-state index in [1.165, 1.54) is 0 Å². The fourth-order valence-corrected chi connectivity index (χ4v) is 7.63. The van der Waals surface area contributed by atoms with Gasteiger partial charge in [0.1, 0.15) is 0 Å². The average molecular weight is 1480 g/mol. The van der Waals surface area contributed by atoms with E-state index < -0.39 is 24.4 Å². The largest absolute Gasteiger partial charge is 0.465 e. The highest BCUT2D eigenvalue weighted by molar-refractivity contribution is 6.28. The van der Waals surface area contributed by atoms with E-state index >= 15 is 0 Å². The molecule has 0 saturated carbocycles. The van der Waals surface area contributed by atoms with Crippen molar-refractivity contribution in [3.05, 3.63) is 5.28 Å². The molecule has 8 amide bonds. The number of hydrogen-bond donors (Lipinski definition) is 12. The SMILES string of the molecule is O=C(O)NCCNC(=O)CCOCCOCCOCCOCCN(CCOCCOCCOCCOCCC(=O)NCCNC(=O)O)c1nc(Cl)nc(N(CCOCCOCCOCCOCCC(=O)NCCNC(=O)O)CCOCCOCCOCCOCCC(=O)NCCNC(=O)O)n1. The lowest BCUT2D eigenvalue weighted by Crippen LogP contribution is -2.36. The fraction of sp³-hybridized carbons (Fsp3) is 0.814. The highest BCUT2D eigenvalue weighted by Crippen LogP contribution is 2.17. The van der Waals surface area contributed by atoms with Crippen molar-refractivity contribution >= 4 is 71.5 Å². The maximum Gasteiger partial charge on any atom is 0.404 e. The maximum atomic E-state index is 11.8. The number of ether oxygens (including phenoxy) is 16. The van der Waals surface area contributed by atoms with E-state index in [1.54, 1.807) is 0 Å². The second-order valence-corrected chi connectivity index (χ2v) is 20.6. The molecule has 1 heterocycles. The normalized spacial score (nSPS) is 11.1. The molecule has 41 nitrogen and oxygen atoms in total. The van der Waals surface area contributed by atoms with Crippen LogP contribution in [0, 0.1) is 0 Å². The molecule has 12 N–H and O–H groups in total. The lowest BCUT2D eigenvalue weighted by molar-refractivity contribution is -0.123. The van der Waals surface area contributed by atoms with Crippen LogP contribution in [0.2, 0.25) is 5.28 Å². The summed E-state index contributed by atoms with van der Waals surface area (Å²) < 4.78 is 90.4. The van der Waals surface area contributed by atoms with E-state index in [9.17, 15) is 38.4 Å². The quantitative estimate of drug-likeness (QED) is 0.0300. The van der Waals surface area contributed by atoms with Crippen molar-refractivity contribution in [2.45, 2.75) is 25.7 Å². The Morgan fingerprint density at radius 2 is 0.406 bits per heavy atom. The van der Waals surface area contributed by atoms with Crippen molar-refractivity contribution in [1.29, 1.82) is 0 Å². The van der Waals surface area contributed by atoms with Crippen molar-refractivity contribution < 1.29 is 135 Å². The molecule has 0 unspecified atom stereocenters. The summed E-state index contributed by atoms with van der Waals surface area (Å²) in [5.74, 6) is -0.535. The molecule has 1 aromatic rings. The van der Waals surface area contributed by atoms with Crippen molar-refractivity contribution in [1.82, 2.24) is 57.5 Å². The third-order valence-electron chi connectivity index (χ3n) is 12.4. The van der Waals surface area contributed by atoms with Crippen molar-refractivity contribution in [2.75, 3.05) is 300 Å². The van der Waals surface area contributed by atoms with E-state index in [-0.39, 0.29) is 251 Å². The fourth-order valence-electron chi connectivity index (χ4n) is 7.48. The third-order valence-corrected chi connectivity index (χ3v) is 12.6. The van der Waals surface area contributed by atoms with Crippen LogP contribution in [0.1, 0.15) is 25.7 Å². The van der Waals surface area contributed by atoms with Gasteiger partial charge in [-0.05, 0) is 11.6 Å². The molecule has 1 aromatic heterocycles. The van der Waals surface area contributed by atoms with Gasteiger partial charge in [-0.3, -0.25) is 19.2 Å². The van der Waals surface area contributed by atoms with Gasteiger partial charge in [-0.1, -0.05) is 0 Å². The number of halogens is 1. The molecular formula is C59H108ClN13O28. The summed E-state index contributed by atoms with van der Waals surface area (Å²) in [5, 5.41) is 53.3. The number of amides is 8.